The zero-order valence-corrected chi connectivity index (χ0v) is 11.4. The van der Waals surface area contributed by atoms with Crippen molar-refractivity contribution in [2.45, 2.75) is 25.3 Å². The summed E-state index contributed by atoms with van der Waals surface area (Å²) in [6.45, 7) is 1.44. The summed E-state index contributed by atoms with van der Waals surface area (Å²) in [5.41, 5.74) is 1.28. The Hall–Kier alpha value is -1.90. The minimum Gasteiger partial charge on any atom is -0.395 e. The standard InChI is InChI=1S/C15H19N3O2/c16-11-12-1-3-13(4-2-12)17-15(20)7-8-18(9-10-19)14-5-6-14/h1-4,14,19H,5-10H2,(H,17,20). The average Bonchev–Trinajstić information content (AvgIpc) is 3.29. The van der Waals surface area contributed by atoms with Gasteiger partial charge in [-0.1, -0.05) is 0 Å². The van der Waals surface area contributed by atoms with Crippen molar-refractivity contribution < 1.29 is 9.90 Å². The van der Waals surface area contributed by atoms with Gasteiger partial charge in [0.2, 0.25) is 5.91 Å². The Morgan fingerprint density at radius 2 is 2.05 bits per heavy atom. The summed E-state index contributed by atoms with van der Waals surface area (Å²) >= 11 is 0. The number of carbonyl (C=O) groups is 1. The number of amides is 1. The van der Waals surface area contributed by atoms with Crippen LogP contribution in [0.15, 0.2) is 24.3 Å². The molecule has 0 heterocycles. The third kappa shape index (κ3) is 4.34. The van der Waals surface area contributed by atoms with Gasteiger partial charge < -0.3 is 10.4 Å². The van der Waals surface area contributed by atoms with Crippen LogP contribution >= 0.6 is 0 Å². The second-order valence-corrected chi connectivity index (χ2v) is 4.98. The van der Waals surface area contributed by atoms with E-state index < -0.39 is 0 Å². The number of rotatable bonds is 7. The second kappa shape index (κ2) is 7.04. The molecule has 0 radical (unpaired) electrons. The van der Waals surface area contributed by atoms with Gasteiger partial charge in [-0.15, -0.1) is 0 Å². The Kier molecular flexibility index (Phi) is 5.10. The molecule has 0 atom stereocenters. The summed E-state index contributed by atoms with van der Waals surface area (Å²) in [4.78, 5) is 14.0. The van der Waals surface area contributed by atoms with Gasteiger partial charge in [-0.2, -0.15) is 5.26 Å². The highest BCUT2D eigenvalue weighted by Crippen LogP contribution is 2.26. The van der Waals surface area contributed by atoms with Crippen LogP contribution in [0.25, 0.3) is 0 Å². The lowest BCUT2D eigenvalue weighted by molar-refractivity contribution is -0.116. The van der Waals surface area contributed by atoms with Gasteiger partial charge in [0.15, 0.2) is 0 Å². The third-order valence-corrected chi connectivity index (χ3v) is 3.37. The van der Waals surface area contributed by atoms with E-state index in [1.807, 2.05) is 6.07 Å². The normalized spacial score (nSPS) is 14.1. The van der Waals surface area contributed by atoms with E-state index in [-0.39, 0.29) is 12.5 Å². The van der Waals surface area contributed by atoms with Crippen LogP contribution in [0.4, 0.5) is 5.69 Å². The van der Waals surface area contributed by atoms with Crippen molar-refractivity contribution in [2.24, 2.45) is 0 Å². The summed E-state index contributed by atoms with van der Waals surface area (Å²) in [6.07, 6.45) is 2.74. The van der Waals surface area contributed by atoms with Crippen LogP contribution in [-0.4, -0.2) is 41.7 Å². The summed E-state index contributed by atoms with van der Waals surface area (Å²) in [5, 5.41) is 20.5. The maximum atomic E-state index is 11.9. The first kappa shape index (κ1) is 14.5. The Morgan fingerprint density at radius 3 is 2.60 bits per heavy atom. The fourth-order valence-electron chi connectivity index (χ4n) is 2.14. The molecular formula is C15H19N3O2. The molecule has 20 heavy (non-hydrogen) atoms. The van der Waals surface area contributed by atoms with Crippen LogP contribution in [0.1, 0.15) is 24.8 Å². The van der Waals surface area contributed by atoms with Gasteiger partial charge in [0.1, 0.15) is 0 Å². The van der Waals surface area contributed by atoms with E-state index in [0.29, 0.717) is 36.8 Å². The van der Waals surface area contributed by atoms with Crippen LogP contribution in [0, 0.1) is 11.3 Å². The number of hydrogen-bond acceptors (Lipinski definition) is 4. The lowest BCUT2D eigenvalue weighted by atomic mass is 10.2. The van der Waals surface area contributed by atoms with Crippen LogP contribution in [0.3, 0.4) is 0 Å². The molecule has 1 aromatic carbocycles. The van der Waals surface area contributed by atoms with E-state index in [1.165, 1.54) is 0 Å². The number of nitrogens with one attached hydrogen (secondary N) is 1. The van der Waals surface area contributed by atoms with Gasteiger partial charge in [0.25, 0.3) is 0 Å². The monoisotopic (exact) mass is 273 g/mol. The highest BCUT2D eigenvalue weighted by Gasteiger charge is 2.28. The van der Waals surface area contributed by atoms with E-state index in [0.717, 1.165) is 12.8 Å². The summed E-state index contributed by atoms with van der Waals surface area (Å²) < 4.78 is 0. The van der Waals surface area contributed by atoms with Crippen molar-refractivity contribution >= 4 is 11.6 Å². The predicted molar refractivity (Wildman–Crippen MR) is 76.1 cm³/mol. The predicted octanol–water partition coefficient (Wildman–Crippen LogP) is 1.34. The van der Waals surface area contributed by atoms with Crippen LogP contribution < -0.4 is 5.32 Å². The van der Waals surface area contributed by atoms with Crippen LogP contribution in [0.5, 0.6) is 0 Å². The molecule has 2 N–H and O–H groups in total. The molecule has 1 saturated carbocycles. The quantitative estimate of drug-likeness (QED) is 0.786. The van der Waals surface area contributed by atoms with Gasteiger partial charge in [-0.3, -0.25) is 9.69 Å². The number of nitrogens with zero attached hydrogens (tertiary/aromatic N) is 2. The molecule has 5 heteroatoms. The average molecular weight is 273 g/mol. The first-order valence-electron chi connectivity index (χ1n) is 6.88. The smallest absolute Gasteiger partial charge is 0.225 e. The summed E-state index contributed by atoms with van der Waals surface area (Å²) in [6, 6.07) is 9.39. The Morgan fingerprint density at radius 1 is 1.35 bits per heavy atom. The molecule has 1 amide bonds. The molecule has 2 rings (SSSR count). The van der Waals surface area contributed by atoms with Crippen LogP contribution in [0.2, 0.25) is 0 Å². The second-order valence-electron chi connectivity index (χ2n) is 4.98. The molecule has 106 valence electrons. The van der Waals surface area contributed by atoms with Crippen molar-refractivity contribution in [2.75, 3.05) is 25.0 Å². The first-order valence-corrected chi connectivity index (χ1v) is 6.88. The Balaban J connectivity index is 1.78. The van der Waals surface area contributed by atoms with E-state index in [9.17, 15) is 4.79 Å². The van der Waals surface area contributed by atoms with Gasteiger partial charge in [0, 0.05) is 31.2 Å². The number of carbonyl (C=O) groups excluding carboxylic acids is 1. The molecule has 1 aliphatic rings. The number of anilines is 1. The van der Waals surface area contributed by atoms with Crippen molar-refractivity contribution in [3.63, 3.8) is 0 Å². The van der Waals surface area contributed by atoms with E-state index >= 15 is 0 Å². The van der Waals surface area contributed by atoms with Gasteiger partial charge in [0.05, 0.1) is 18.2 Å². The molecule has 0 aromatic heterocycles. The number of aliphatic hydroxyl groups excluding tert-OH is 1. The van der Waals surface area contributed by atoms with Gasteiger partial charge >= 0.3 is 0 Å². The van der Waals surface area contributed by atoms with Crippen molar-refractivity contribution in [3.8, 4) is 6.07 Å². The molecule has 0 saturated heterocycles. The fourth-order valence-corrected chi connectivity index (χ4v) is 2.14. The van der Waals surface area contributed by atoms with Gasteiger partial charge in [-0.05, 0) is 37.1 Å². The first-order chi connectivity index (χ1) is 9.72. The number of nitriles is 1. The zero-order chi connectivity index (χ0) is 14.4. The maximum absolute atomic E-state index is 11.9. The maximum Gasteiger partial charge on any atom is 0.225 e. The minimum atomic E-state index is -0.0432. The molecule has 1 fully saturated rings. The lowest BCUT2D eigenvalue weighted by Gasteiger charge is -2.20. The topological polar surface area (TPSA) is 76.4 Å². The summed E-state index contributed by atoms with van der Waals surface area (Å²) in [7, 11) is 0. The van der Waals surface area contributed by atoms with E-state index in [2.05, 4.69) is 10.2 Å². The zero-order valence-electron chi connectivity index (χ0n) is 11.4. The minimum absolute atomic E-state index is 0.0432. The summed E-state index contributed by atoms with van der Waals surface area (Å²) in [5.74, 6) is -0.0432. The molecule has 1 aliphatic carbocycles. The highest BCUT2D eigenvalue weighted by atomic mass is 16.3. The molecular weight excluding hydrogens is 254 g/mol. The van der Waals surface area contributed by atoms with Crippen LogP contribution in [-0.2, 0) is 4.79 Å². The number of aliphatic hydroxyl groups is 1. The highest BCUT2D eigenvalue weighted by molar-refractivity contribution is 5.90. The molecule has 5 nitrogen and oxygen atoms in total. The van der Waals surface area contributed by atoms with Crippen molar-refractivity contribution in [3.05, 3.63) is 29.8 Å². The van der Waals surface area contributed by atoms with Crippen molar-refractivity contribution in [1.82, 2.24) is 4.90 Å². The van der Waals surface area contributed by atoms with Gasteiger partial charge in [-0.25, -0.2) is 0 Å². The molecule has 0 unspecified atom stereocenters. The molecule has 0 spiro atoms. The SMILES string of the molecule is N#Cc1ccc(NC(=O)CCN(CCO)C2CC2)cc1. The van der Waals surface area contributed by atoms with Crippen molar-refractivity contribution in [1.29, 1.82) is 5.26 Å². The fraction of sp³-hybridized carbons (Fsp3) is 0.467. The molecule has 1 aromatic rings. The number of hydrogen-bond donors (Lipinski definition) is 2. The molecule has 0 aliphatic heterocycles. The Labute approximate surface area is 118 Å². The number of benzene rings is 1. The van der Waals surface area contributed by atoms with E-state index in [4.69, 9.17) is 10.4 Å². The van der Waals surface area contributed by atoms with E-state index in [1.54, 1.807) is 24.3 Å². The molecule has 0 bridgehead atoms. The largest absolute Gasteiger partial charge is 0.395 e. The Bertz CT molecular complexity index is 489. The lowest BCUT2D eigenvalue weighted by Crippen LogP contribution is -2.32. The third-order valence-electron chi connectivity index (χ3n) is 3.37.